The predicted molar refractivity (Wildman–Crippen MR) is 61.8 cm³/mol. The van der Waals surface area contributed by atoms with Crippen LogP contribution in [0.3, 0.4) is 0 Å². The molecule has 1 aromatic carbocycles. The van der Waals surface area contributed by atoms with Crippen molar-refractivity contribution in [1.82, 2.24) is 9.97 Å². The van der Waals surface area contributed by atoms with Crippen LogP contribution in [0.4, 0.5) is 0 Å². The Morgan fingerprint density at radius 1 is 1.20 bits per heavy atom. The number of aromatic amines is 1. The second-order valence-electron chi connectivity index (χ2n) is 3.77. The van der Waals surface area contributed by atoms with Crippen LogP contribution in [0.25, 0.3) is 0 Å². The van der Waals surface area contributed by atoms with E-state index in [0.29, 0.717) is 0 Å². The molecule has 0 saturated carbocycles. The molecule has 0 atom stereocenters. The van der Waals surface area contributed by atoms with Crippen LogP contribution in [0, 0.1) is 0 Å². The minimum Gasteiger partial charge on any atom is -0.346 e. The summed E-state index contributed by atoms with van der Waals surface area (Å²) in [5.74, 6) is 1.10. The van der Waals surface area contributed by atoms with E-state index >= 15 is 0 Å². The van der Waals surface area contributed by atoms with E-state index in [2.05, 4.69) is 41.2 Å². The van der Waals surface area contributed by atoms with Gasteiger partial charge in [-0.25, -0.2) is 4.98 Å². The Kier molecular flexibility index (Phi) is 3.18. The molecular weight excluding hydrogens is 184 g/mol. The molecule has 0 spiro atoms. The van der Waals surface area contributed by atoms with Crippen molar-refractivity contribution >= 4 is 0 Å². The lowest BCUT2D eigenvalue weighted by Gasteiger charge is -1.97. The lowest BCUT2D eigenvalue weighted by atomic mass is 10.1. The maximum atomic E-state index is 4.35. The number of aryl methyl sites for hydroxylation is 1. The van der Waals surface area contributed by atoms with E-state index in [0.717, 1.165) is 25.1 Å². The topological polar surface area (TPSA) is 28.7 Å². The Hall–Kier alpha value is -1.57. The fourth-order valence-electron chi connectivity index (χ4n) is 1.68. The minimum atomic E-state index is 0.942. The zero-order valence-corrected chi connectivity index (χ0v) is 9.03. The molecule has 1 heterocycles. The van der Waals surface area contributed by atoms with E-state index < -0.39 is 0 Å². The predicted octanol–water partition coefficient (Wildman–Crippen LogP) is 2.95. The van der Waals surface area contributed by atoms with Crippen molar-refractivity contribution in [3.05, 3.63) is 53.6 Å². The highest BCUT2D eigenvalue weighted by molar-refractivity contribution is 5.20. The van der Waals surface area contributed by atoms with Crippen molar-refractivity contribution in [2.45, 2.75) is 26.2 Å². The molecular formula is C13H16N2. The van der Waals surface area contributed by atoms with Crippen molar-refractivity contribution in [1.29, 1.82) is 0 Å². The first-order valence-electron chi connectivity index (χ1n) is 5.45. The number of nitrogens with zero attached hydrogens (tertiary/aromatic N) is 1. The van der Waals surface area contributed by atoms with E-state index in [1.807, 2.05) is 12.3 Å². The first kappa shape index (κ1) is 9.97. The van der Waals surface area contributed by atoms with E-state index in [9.17, 15) is 0 Å². The normalized spacial score (nSPS) is 10.5. The van der Waals surface area contributed by atoms with E-state index in [1.54, 1.807) is 0 Å². The van der Waals surface area contributed by atoms with Crippen molar-refractivity contribution in [2.24, 2.45) is 0 Å². The molecule has 2 aromatic rings. The highest BCUT2D eigenvalue weighted by atomic mass is 14.9. The maximum absolute atomic E-state index is 4.35. The number of H-pyrrole nitrogens is 1. The van der Waals surface area contributed by atoms with Crippen molar-refractivity contribution < 1.29 is 0 Å². The van der Waals surface area contributed by atoms with Crippen LogP contribution in [-0.4, -0.2) is 9.97 Å². The SMILES string of the molecule is CCCc1ncc(Cc2ccccc2)[nH]1. The third-order valence-corrected chi connectivity index (χ3v) is 2.41. The number of imidazole rings is 1. The number of nitrogens with one attached hydrogen (secondary N) is 1. The second kappa shape index (κ2) is 4.78. The molecule has 0 amide bonds. The van der Waals surface area contributed by atoms with Crippen LogP contribution in [-0.2, 0) is 12.8 Å². The third kappa shape index (κ3) is 2.69. The van der Waals surface area contributed by atoms with Gasteiger partial charge in [-0.3, -0.25) is 0 Å². The van der Waals surface area contributed by atoms with Crippen LogP contribution >= 0.6 is 0 Å². The summed E-state index contributed by atoms with van der Waals surface area (Å²) in [5, 5.41) is 0. The van der Waals surface area contributed by atoms with Crippen LogP contribution < -0.4 is 0 Å². The van der Waals surface area contributed by atoms with Crippen molar-refractivity contribution in [3.8, 4) is 0 Å². The molecule has 0 radical (unpaired) electrons. The first-order chi connectivity index (χ1) is 7.38. The number of hydrogen-bond donors (Lipinski definition) is 1. The molecule has 0 aliphatic rings. The molecule has 2 heteroatoms. The Balaban J connectivity index is 2.05. The van der Waals surface area contributed by atoms with Gasteiger partial charge in [0, 0.05) is 24.7 Å². The fourth-order valence-corrected chi connectivity index (χ4v) is 1.68. The van der Waals surface area contributed by atoms with Gasteiger partial charge in [0.1, 0.15) is 5.82 Å². The number of hydrogen-bond acceptors (Lipinski definition) is 1. The second-order valence-corrected chi connectivity index (χ2v) is 3.77. The summed E-state index contributed by atoms with van der Waals surface area (Å²) < 4.78 is 0. The molecule has 2 nitrogen and oxygen atoms in total. The lowest BCUT2D eigenvalue weighted by molar-refractivity contribution is 0.851. The minimum absolute atomic E-state index is 0.942. The van der Waals surface area contributed by atoms with Gasteiger partial charge in [0.05, 0.1) is 0 Å². The van der Waals surface area contributed by atoms with Gasteiger partial charge in [0.15, 0.2) is 0 Å². The van der Waals surface area contributed by atoms with Crippen molar-refractivity contribution in [3.63, 3.8) is 0 Å². The van der Waals surface area contributed by atoms with Crippen LogP contribution in [0.2, 0.25) is 0 Å². The molecule has 2 rings (SSSR count). The summed E-state index contributed by atoms with van der Waals surface area (Å²) in [6.45, 7) is 2.17. The summed E-state index contributed by atoms with van der Waals surface area (Å²) in [4.78, 5) is 7.70. The summed E-state index contributed by atoms with van der Waals surface area (Å²) >= 11 is 0. The molecule has 0 aliphatic carbocycles. The number of benzene rings is 1. The van der Waals surface area contributed by atoms with Gasteiger partial charge in [0.25, 0.3) is 0 Å². The van der Waals surface area contributed by atoms with Gasteiger partial charge in [-0.15, -0.1) is 0 Å². The van der Waals surface area contributed by atoms with E-state index in [4.69, 9.17) is 0 Å². The van der Waals surface area contributed by atoms with Gasteiger partial charge in [0.2, 0.25) is 0 Å². The van der Waals surface area contributed by atoms with Gasteiger partial charge in [-0.05, 0) is 12.0 Å². The largest absolute Gasteiger partial charge is 0.346 e. The number of aromatic nitrogens is 2. The van der Waals surface area contributed by atoms with Gasteiger partial charge in [-0.1, -0.05) is 37.3 Å². The third-order valence-electron chi connectivity index (χ3n) is 2.41. The fraction of sp³-hybridized carbons (Fsp3) is 0.308. The molecule has 1 N–H and O–H groups in total. The summed E-state index contributed by atoms with van der Waals surface area (Å²) in [5.41, 5.74) is 2.52. The van der Waals surface area contributed by atoms with E-state index in [-0.39, 0.29) is 0 Å². The Morgan fingerprint density at radius 3 is 2.73 bits per heavy atom. The molecule has 0 aliphatic heterocycles. The molecule has 0 bridgehead atoms. The molecule has 0 unspecified atom stereocenters. The van der Waals surface area contributed by atoms with E-state index in [1.165, 1.54) is 11.3 Å². The number of rotatable bonds is 4. The average Bonchev–Trinajstić information content (AvgIpc) is 2.68. The van der Waals surface area contributed by atoms with Crippen LogP contribution in [0.15, 0.2) is 36.5 Å². The zero-order chi connectivity index (χ0) is 10.5. The van der Waals surface area contributed by atoms with Crippen LogP contribution in [0.1, 0.15) is 30.4 Å². The van der Waals surface area contributed by atoms with Gasteiger partial charge >= 0.3 is 0 Å². The van der Waals surface area contributed by atoms with Crippen molar-refractivity contribution in [2.75, 3.05) is 0 Å². The molecule has 78 valence electrons. The summed E-state index contributed by atoms with van der Waals surface area (Å²) in [6.07, 6.45) is 5.06. The Bertz CT molecular complexity index is 403. The smallest absolute Gasteiger partial charge is 0.106 e. The molecule has 15 heavy (non-hydrogen) atoms. The van der Waals surface area contributed by atoms with Gasteiger partial charge in [-0.2, -0.15) is 0 Å². The maximum Gasteiger partial charge on any atom is 0.106 e. The monoisotopic (exact) mass is 200 g/mol. The van der Waals surface area contributed by atoms with Gasteiger partial charge < -0.3 is 4.98 Å². The molecule has 0 saturated heterocycles. The quantitative estimate of drug-likeness (QED) is 0.807. The molecule has 1 aromatic heterocycles. The zero-order valence-electron chi connectivity index (χ0n) is 9.03. The molecule has 0 fully saturated rings. The highest BCUT2D eigenvalue weighted by Crippen LogP contribution is 2.07. The first-order valence-corrected chi connectivity index (χ1v) is 5.45. The summed E-state index contributed by atoms with van der Waals surface area (Å²) in [6, 6.07) is 10.5. The average molecular weight is 200 g/mol. The summed E-state index contributed by atoms with van der Waals surface area (Å²) in [7, 11) is 0. The standard InChI is InChI=1S/C13H16N2/c1-2-6-13-14-10-12(15-13)9-11-7-4-3-5-8-11/h3-5,7-8,10H,2,6,9H2,1H3,(H,14,15). The Labute approximate surface area is 90.4 Å². The lowest BCUT2D eigenvalue weighted by Crippen LogP contribution is -1.89. The Morgan fingerprint density at radius 2 is 2.00 bits per heavy atom. The highest BCUT2D eigenvalue weighted by Gasteiger charge is 2.00. The van der Waals surface area contributed by atoms with Crippen LogP contribution in [0.5, 0.6) is 0 Å².